The summed E-state index contributed by atoms with van der Waals surface area (Å²) in [6, 6.07) is 11.6. The Morgan fingerprint density at radius 2 is 1.87 bits per heavy atom. The maximum atomic E-state index is 11.6. The molecule has 0 unspecified atom stereocenters. The third-order valence-corrected chi connectivity index (χ3v) is 2.51. The Balaban J connectivity index is 2.37. The van der Waals surface area contributed by atoms with Gasteiger partial charge in [-0.3, -0.25) is 4.79 Å². The van der Waals surface area contributed by atoms with Crippen LogP contribution in [0.15, 0.2) is 47.4 Å². The zero-order valence-electron chi connectivity index (χ0n) is 8.66. The summed E-state index contributed by atoms with van der Waals surface area (Å²) in [6.45, 7) is 1.93. The normalized spacial score (nSPS) is 10.2. The lowest BCUT2D eigenvalue weighted by atomic mass is 10.0. The van der Waals surface area contributed by atoms with Gasteiger partial charge >= 0.3 is 0 Å². The van der Waals surface area contributed by atoms with Crippen LogP contribution < -0.4 is 5.43 Å². The molecule has 0 aliphatic rings. The minimum atomic E-state index is 0.107. The molecule has 2 nitrogen and oxygen atoms in total. The van der Waals surface area contributed by atoms with Crippen LogP contribution in [0.25, 0.3) is 0 Å². The number of rotatable bonds is 2. The monoisotopic (exact) mass is 199 g/mol. The maximum absolute atomic E-state index is 11.6. The molecule has 0 saturated carbocycles. The fourth-order valence-corrected chi connectivity index (χ4v) is 1.63. The molecule has 15 heavy (non-hydrogen) atoms. The minimum absolute atomic E-state index is 0.107. The van der Waals surface area contributed by atoms with Gasteiger partial charge in [-0.15, -0.1) is 0 Å². The van der Waals surface area contributed by atoms with Crippen molar-refractivity contribution in [2.24, 2.45) is 0 Å². The third-order valence-electron chi connectivity index (χ3n) is 2.51. The zero-order chi connectivity index (χ0) is 10.7. The van der Waals surface area contributed by atoms with Gasteiger partial charge in [-0.25, -0.2) is 0 Å². The Kier molecular flexibility index (Phi) is 2.68. The van der Waals surface area contributed by atoms with Crippen LogP contribution in [0.1, 0.15) is 16.8 Å². The molecule has 2 heteroatoms. The second-order valence-electron chi connectivity index (χ2n) is 3.61. The van der Waals surface area contributed by atoms with E-state index in [0.717, 1.165) is 16.8 Å². The van der Waals surface area contributed by atoms with Gasteiger partial charge in [0.15, 0.2) is 5.43 Å². The second kappa shape index (κ2) is 4.13. The number of aromatic nitrogens is 1. The first-order valence-electron chi connectivity index (χ1n) is 4.98. The summed E-state index contributed by atoms with van der Waals surface area (Å²) in [7, 11) is 0. The molecule has 76 valence electrons. The Morgan fingerprint density at radius 1 is 1.13 bits per heavy atom. The molecule has 0 spiro atoms. The number of hydrogen-bond donors (Lipinski definition) is 1. The molecule has 1 N–H and O–H groups in total. The molecule has 2 aromatic rings. The van der Waals surface area contributed by atoms with Crippen molar-refractivity contribution >= 4 is 0 Å². The first-order chi connectivity index (χ1) is 7.27. The third kappa shape index (κ3) is 2.15. The molecule has 0 atom stereocenters. The molecule has 0 aliphatic heterocycles. The van der Waals surface area contributed by atoms with E-state index in [0.29, 0.717) is 6.42 Å². The standard InChI is InChI=1S/C13H13NO/c1-10-12(13(15)7-8-14-10)9-11-5-3-2-4-6-11/h2-8H,9H2,1H3,(H,14,15). The number of benzene rings is 1. The van der Waals surface area contributed by atoms with E-state index in [1.807, 2.05) is 37.3 Å². The van der Waals surface area contributed by atoms with Gasteiger partial charge in [-0.1, -0.05) is 30.3 Å². The molecular weight excluding hydrogens is 186 g/mol. The maximum Gasteiger partial charge on any atom is 0.185 e. The Hall–Kier alpha value is -1.83. The van der Waals surface area contributed by atoms with E-state index in [2.05, 4.69) is 4.98 Å². The summed E-state index contributed by atoms with van der Waals surface area (Å²) in [5, 5.41) is 0. The van der Waals surface area contributed by atoms with Gasteiger partial charge in [-0.2, -0.15) is 0 Å². The highest BCUT2D eigenvalue weighted by Gasteiger charge is 2.03. The van der Waals surface area contributed by atoms with Gasteiger partial charge in [0.25, 0.3) is 0 Å². The molecule has 1 aromatic heterocycles. The van der Waals surface area contributed by atoms with Crippen LogP contribution in [-0.4, -0.2) is 4.98 Å². The number of aromatic amines is 1. The fraction of sp³-hybridized carbons (Fsp3) is 0.154. The van der Waals surface area contributed by atoms with Crippen LogP contribution in [0.3, 0.4) is 0 Å². The lowest BCUT2D eigenvalue weighted by molar-refractivity contribution is 1.06. The van der Waals surface area contributed by atoms with Gasteiger partial charge in [0.05, 0.1) is 0 Å². The average Bonchev–Trinajstić information content (AvgIpc) is 2.25. The molecule has 0 fully saturated rings. The average molecular weight is 199 g/mol. The van der Waals surface area contributed by atoms with Crippen molar-refractivity contribution in [2.75, 3.05) is 0 Å². The van der Waals surface area contributed by atoms with E-state index in [9.17, 15) is 4.79 Å². The van der Waals surface area contributed by atoms with Crippen molar-refractivity contribution in [2.45, 2.75) is 13.3 Å². The number of hydrogen-bond acceptors (Lipinski definition) is 1. The van der Waals surface area contributed by atoms with E-state index in [1.54, 1.807) is 12.3 Å². The molecule has 0 amide bonds. The van der Waals surface area contributed by atoms with Crippen LogP contribution in [0.4, 0.5) is 0 Å². The lowest BCUT2D eigenvalue weighted by Gasteiger charge is -2.04. The van der Waals surface area contributed by atoms with Crippen molar-refractivity contribution in [3.63, 3.8) is 0 Å². The van der Waals surface area contributed by atoms with Crippen molar-refractivity contribution < 1.29 is 0 Å². The van der Waals surface area contributed by atoms with Gasteiger partial charge in [0.2, 0.25) is 0 Å². The molecule has 0 aliphatic carbocycles. The molecule has 0 radical (unpaired) electrons. The first-order valence-corrected chi connectivity index (χ1v) is 4.98. The Morgan fingerprint density at radius 3 is 2.53 bits per heavy atom. The summed E-state index contributed by atoms with van der Waals surface area (Å²) in [6.07, 6.45) is 2.38. The van der Waals surface area contributed by atoms with Crippen molar-refractivity contribution in [3.8, 4) is 0 Å². The van der Waals surface area contributed by atoms with Crippen molar-refractivity contribution in [3.05, 3.63) is 69.6 Å². The van der Waals surface area contributed by atoms with Gasteiger partial charge in [0, 0.05) is 29.9 Å². The van der Waals surface area contributed by atoms with Crippen LogP contribution in [-0.2, 0) is 6.42 Å². The number of nitrogens with one attached hydrogen (secondary N) is 1. The lowest BCUT2D eigenvalue weighted by Crippen LogP contribution is -2.11. The summed E-state index contributed by atoms with van der Waals surface area (Å²) in [5.41, 5.74) is 3.07. The molecular formula is C13H13NO. The summed E-state index contributed by atoms with van der Waals surface area (Å²) in [4.78, 5) is 14.7. The van der Waals surface area contributed by atoms with E-state index >= 15 is 0 Å². The highest BCUT2D eigenvalue weighted by Crippen LogP contribution is 2.07. The van der Waals surface area contributed by atoms with E-state index in [1.165, 1.54) is 0 Å². The number of H-pyrrole nitrogens is 1. The SMILES string of the molecule is Cc1[nH]ccc(=O)c1Cc1ccccc1. The first kappa shape index (κ1) is 9.71. The van der Waals surface area contributed by atoms with Crippen LogP contribution in [0, 0.1) is 6.92 Å². The molecule has 0 saturated heterocycles. The molecule has 1 heterocycles. The topological polar surface area (TPSA) is 32.9 Å². The highest BCUT2D eigenvalue weighted by atomic mass is 16.1. The Labute approximate surface area is 88.6 Å². The zero-order valence-corrected chi connectivity index (χ0v) is 8.66. The largest absolute Gasteiger partial charge is 0.365 e. The van der Waals surface area contributed by atoms with Crippen molar-refractivity contribution in [1.82, 2.24) is 4.98 Å². The van der Waals surface area contributed by atoms with E-state index < -0.39 is 0 Å². The Bertz CT molecular complexity index is 499. The second-order valence-corrected chi connectivity index (χ2v) is 3.61. The minimum Gasteiger partial charge on any atom is -0.365 e. The predicted molar refractivity (Wildman–Crippen MR) is 61.0 cm³/mol. The van der Waals surface area contributed by atoms with Gasteiger partial charge in [-0.05, 0) is 12.5 Å². The highest BCUT2D eigenvalue weighted by molar-refractivity contribution is 5.27. The number of aryl methyl sites for hydroxylation is 1. The van der Waals surface area contributed by atoms with Crippen LogP contribution in [0.5, 0.6) is 0 Å². The van der Waals surface area contributed by atoms with Crippen LogP contribution >= 0.6 is 0 Å². The summed E-state index contributed by atoms with van der Waals surface area (Å²) >= 11 is 0. The van der Waals surface area contributed by atoms with Crippen molar-refractivity contribution in [1.29, 1.82) is 0 Å². The molecule has 2 rings (SSSR count). The quantitative estimate of drug-likeness (QED) is 0.790. The van der Waals surface area contributed by atoms with E-state index in [4.69, 9.17) is 0 Å². The molecule has 1 aromatic carbocycles. The summed E-state index contributed by atoms with van der Waals surface area (Å²) < 4.78 is 0. The smallest absolute Gasteiger partial charge is 0.185 e. The van der Waals surface area contributed by atoms with Crippen LogP contribution in [0.2, 0.25) is 0 Å². The fourth-order valence-electron chi connectivity index (χ4n) is 1.63. The predicted octanol–water partition coefficient (Wildman–Crippen LogP) is 2.27. The summed E-state index contributed by atoms with van der Waals surface area (Å²) in [5.74, 6) is 0. The van der Waals surface area contributed by atoms with Gasteiger partial charge < -0.3 is 4.98 Å². The number of pyridine rings is 1. The van der Waals surface area contributed by atoms with Gasteiger partial charge in [0.1, 0.15) is 0 Å². The molecule has 0 bridgehead atoms. The van der Waals surface area contributed by atoms with E-state index in [-0.39, 0.29) is 5.43 Å².